The van der Waals surface area contributed by atoms with Crippen LogP contribution in [-0.4, -0.2) is 23.6 Å². The van der Waals surface area contributed by atoms with E-state index in [1.165, 1.54) is 6.07 Å². The number of hydrogen-bond donors (Lipinski definition) is 1. The largest absolute Gasteiger partial charge is 0.450 e. The summed E-state index contributed by atoms with van der Waals surface area (Å²) in [5.41, 5.74) is 1.55. The highest BCUT2D eigenvalue weighted by Crippen LogP contribution is 2.10. The van der Waals surface area contributed by atoms with E-state index in [0.29, 0.717) is 5.69 Å². The Bertz CT molecular complexity index is 622. The lowest BCUT2D eigenvalue weighted by atomic mass is 10.1. The molecule has 21 heavy (non-hydrogen) atoms. The van der Waals surface area contributed by atoms with Gasteiger partial charge in [0.1, 0.15) is 0 Å². The van der Waals surface area contributed by atoms with Crippen molar-refractivity contribution in [3.05, 3.63) is 53.4 Å². The smallest absolute Gasteiger partial charge is 0.377 e. The van der Waals surface area contributed by atoms with Crippen LogP contribution in [0.4, 0.5) is 0 Å². The average Bonchev–Trinajstić information content (AvgIpc) is 2.92. The quantitative estimate of drug-likeness (QED) is 0.851. The summed E-state index contributed by atoms with van der Waals surface area (Å²) < 4.78 is 9.61. The van der Waals surface area contributed by atoms with Crippen LogP contribution in [0.5, 0.6) is 0 Å². The van der Waals surface area contributed by atoms with Gasteiger partial charge in [-0.3, -0.25) is 4.79 Å². The monoisotopic (exact) mass is 288 g/mol. The van der Waals surface area contributed by atoms with E-state index in [0.717, 1.165) is 5.56 Å². The van der Waals surface area contributed by atoms with Crippen LogP contribution >= 0.6 is 0 Å². The first-order chi connectivity index (χ1) is 10.1. The molecule has 2 rings (SSSR count). The van der Waals surface area contributed by atoms with Crippen LogP contribution in [0.1, 0.15) is 34.8 Å². The molecule has 1 aromatic carbocycles. The number of carbonyl (C=O) groups excluding carboxylic acids is 2. The minimum Gasteiger partial charge on any atom is -0.450 e. The Hall–Kier alpha value is -2.63. The first-order valence-electron chi connectivity index (χ1n) is 6.51. The molecule has 0 spiro atoms. The molecule has 1 heterocycles. The molecule has 0 unspecified atom stereocenters. The van der Waals surface area contributed by atoms with E-state index in [-0.39, 0.29) is 24.3 Å². The molecule has 1 N–H and O–H groups in total. The van der Waals surface area contributed by atoms with Gasteiger partial charge in [0, 0.05) is 6.07 Å². The van der Waals surface area contributed by atoms with Crippen LogP contribution in [0.2, 0.25) is 0 Å². The van der Waals surface area contributed by atoms with Gasteiger partial charge in [-0.2, -0.15) is 0 Å². The zero-order chi connectivity index (χ0) is 15.2. The molecule has 6 heteroatoms. The number of esters is 1. The summed E-state index contributed by atoms with van der Waals surface area (Å²) in [6, 6.07) is 10.8. The Morgan fingerprint density at radius 2 is 2.05 bits per heavy atom. The summed E-state index contributed by atoms with van der Waals surface area (Å²) in [7, 11) is 0. The maximum atomic E-state index is 11.7. The Morgan fingerprint density at radius 3 is 2.67 bits per heavy atom. The first kappa shape index (κ1) is 14.8. The van der Waals surface area contributed by atoms with Gasteiger partial charge in [-0.25, -0.2) is 4.79 Å². The third-order valence-corrected chi connectivity index (χ3v) is 2.84. The number of rotatable bonds is 5. The lowest BCUT2D eigenvalue weighted by Crippen LogP contribution is -2.31. The van der Waals surface area contributed by atoms with Crippen molar-refractivity contribution in [3.8, 4) is 0 Å². The topological polar surface area (TPSA) is 81.4 Å². The van der Waals surface area contributed by atoms with Crippen molar-refractivity contribution in [2.45, 2.75) is 19.9 Å². The highest BCUT2D eigenvalue weighted by Gasteiger charge is 2.16. The van der Waals surface area contributed by atoms with Gasteiger partial charge in [-0.15, -0.1) is 0 Å². The number of aryl methyl sites for hydroxylation is 1. The summed E-state index contributed by atoms with van der Waals surface area (Å²) in [6.07, 6.45) is 0. The summed E-state index contributed by atoms with van der Waals surface area (Å²) in [5.74, 6) is -1.11. The second-order valence-corrected chi connectivity index (χ2v) is 4.61. The highest BCUT2D eigenvalue weighted by molar-refractivity contribution is 5.88. The molecule has 0 bridgehead atoms. The maximum absolute atomic E-state index is 11.7. The zero-order valence-electron chi connectivity index (χ0n) is 11.8. The molecular formula is C15H16N2O4. The highest BCUT2D eigenvalue weighted by atomic mass is 16.6. The van der Waals surface area contributed by atoms with Crippen molar-refractivity contribution in [2.75, 3.05) is 6.61 Å². The van der Waals surface area contributed by atoms with Crippen molar-refractivity contribution in [1.29, 1.82) is 0 Å². The van der Waals surface area contributed by atoms with E-state index < -0.39 is 5.97 Å². The Kier molecular flexibility index (Phi) is 4.71. The Balaban J connectivity index is 1.81. The fourth-order valence-electron chi connectivity index (χ4n) is 1.77. The molecule has 0 fully saturated rings. The van der Waals surface area contributed by atoms with Gasteiger partial charge in [0.15, 0.2) is 6.61 Å². The van der Waals surface area contributed by atoms with Crippen molar-refractivity contribution >= 4 is 11.9 Å². The molecule has 0 aliphatic heterocycles. The predicted molar refractivity (Wildman–Crippen MR) is 74.5 cm³/mol. The van der Waals surface area contributed by atoms with E-state index >= 15 is 0 Å². The van der Waals surface area contributed by atoms with Crippen LogP contribution in [0.15, 0.2) is 40.9 Å². The zero-order valence-corrected chi connectivity index (χ0v) is 11.8. The van der Waals surface area contributed by atoms with Crippen molar-refractivity contribution in [2.24, 2.45) is 0 Å². The minimum atomic E-state index is -0.710. The molecule has 0 saturated heterocycles. The molecule has 0 saturated carbocycles. The summed E-state index contributed by atoms with van der Waals surface area (Å²) >= 11 is 0. The number of ether oxygens (including phenoxy) is 1. The first-order valence-corrected chi connectivity index (χ1v) is 6.51. The summed E-state index contributed by atoms with van der Waals surface area (Å²) in [4.78, 5) is 23.3. The number of benzene rings is 1. The number of hydrogen-bond acceptors (Lipinski definition) is 5. The van der Waals surface area contributed by atoms with Crippen LogP contribution < -0.4 is 5.32 Å². The van der Waals surface area contributed by atoms with Gasteiger partial charge in [0.05, 0.1) is 11.7 Å². The second kappa shape index (κ2) is 6.69. The van der Waals surface area contributed by atoms with Crippen LogP contribution in [0.25, 0.3) is 0 Å². The van der Waals surface area contributed by atoms with E-state index in [2.05, 4.69) is 10.5 Å². The second-order valence-electron chi connectivity index (χ2n) is 4.61. The van der Waals surface area contributed by atoms with Gasteiger partial charge >= 0.3 is 5.97 Å². The van der Waals surface area contributed by atoms with Crippen LogP contribution in [-0.2, 0) is 9.53 Å². The van der Waals surface area contributed by atoms with E-state index in [1.54, 1.807) is 6.92 Å². The van der Waals surface area contributed by atoms with Crippen molar-refractivity contribution < 1.29 is 18.8 Å². The third kappa shape index (κ3) is 4.17. The molecule has 1 aromatic heterocycles. The number of nitrogens with one attached hydrogen (secondary N) is 1. The molecule has 0 aliphatic rings. The average molecular weight is 288 g/mol. The SMILES string of the molecule is Cc1cc(C(=O)OCC(=O)N[C@@H](C)c2ccccc2)on1. The summed E-state index contributed by atoms with van der Waals surface area (Å²) in [6.45, 7) is 3.18. The van der Waals surface area contributed by atoms with E-state index in [9.17, 15) is 9.59 Å². The van der Waals surface area contributed by atoms with Crippen molar-refractivity contribution in [1.82, 2.24) is 10.5 Å². The molecule has 2 aromatic rings. The fourth-order valence-corrected chi connectivity index (χ4v) is 1.77. The Labute approximate surface area is 122 Å². The number of carbonyl (C=O) groups is 2. The third-order valence-electron chi connectivity index (χ3n) is 2.84. The lowest BCUT2D eigenvalue weighted by Gasteiger charge is -2.13. The molecule has 6 nitrogen and oxygen atoms in total. The molecule has 0 aliphatic carbocycles. The van der Waals surface area contributed by atoms with E-state index in [1.807, 2.05) is 37.3 Å². The number of aromatic nitrogens is 1. The number of amides is 1. The Morgan fingerprint density at radius 1 is 1.33 bits per heavy atom. The predicted octanol–water partition coefficient (Wildman–Crippen LogP) is 2.02. The van der Waals surface area contributed by atoms with Gasteiger partial charge < -0.3 is 14.6 Å². The molecule has 110 valence electrons. The van der Waals surface area contributed by atoms with E-state index in [4.69, 9.17) is 9.26 Å². The molecular weight excluding hydrogens is 272 g/mol. The van der Waals surface area contributed by atoms with Crippen LogP contribution in [0.3, 0.4) is 0 Å². The number of nitrogens with zero attached hydrogens (tertiary/aromatic N) is 1. The standard InChI is InChI=1S/C15H16N2O4/c1-10-8-13(21-17-10)15(19)20-9-14(18)16-11(2)12-6-4-3-5-7-12/h3-8,11H,9H2,1-2H3,(H,16,18)/t11-/m0/s1. The normalized spacial score (nSPS) is 11.7. The molecule has 1 atom stereocenters. The van der Waals surface area contributed by atoms with Crippen molar-refractivity contribution in [3.63, 3.8) is 0 Å². The van der Waals surface area contributed by atoms with Gasteiger partial charge in [0.2, 0.25) is 5.76 Å². The molecule has 0 radical (unpaired) electrons. The minimum absolute atomic E-state index is 0.0172. The van der Waals surface area contributed by atoms with Crippen LogP contribution in [0, 0.1) is 6.92 Å². The lowest BCUT2D eigenvalue weighted by molar-refractivity contribution is -0.124. The maximum Gasteiger partial charge on any atom is 0.377 e. The van der Waals surface area contributed by atoms with Gasteiger partial charge in [-0.05, 0) is 19.4 Å². The van der Waals surface area contributed by atoms with Gasteiger partial charge in [-0.1, -0.05) is 35.5 Å². The summed E-state index contributed by atoms with van der Waals surface area (Å²) in [5, 5.41) is 6.32. The molecule has 1 amide bonds. The fraction of sp³-hybridized carbons (Fsp3) is 0.267. The van der Waals surface area contributed by atoms with Gasteiger partial charge in [0.25, 0.3) is 5.91 Å².